The maximum absolute atomic E-state index is 12.5. The fourth-order valence-corrected chi connectivity index (χ4v) is 2.92. The first-order valence-electron chi connectivity index (χ1n) is 8.48. The van der Waals surface area contributed by atoms with Crippen molar-refractivity contribution in [3.63, 3.8) is 0 Å². The molecule has 124 valence electrons. The molecule has 23 heavy (non-hydrogen) atoms. The van der Waals surface area contributed by atoms with Crippen LogP contribution in [0.5, 0.6) is 5.75 Å². The third kappa shape index (κ3) is 4.25. The highest BCUT2D eigenvalue weighted by Gasteiger charge is 2.23. The molecule has 0 aliphatic heterocycles. The van der Waals surface area contributed by atoms with Crippen molar-refractivity contribution in [2.75, 3.05) is 0 Å². The molecule has 0 aliphatic rings. The molecular formula is C20H27NO2. The first kappa shape index (κ1) is 17.3. The van der Waals surface area contributed by atoms with Gasteiger partial charge in [0.1, 0.15) is 5.75 Å². The number of hydrogen-bond donors (Lipinski definition) is 2. The van der Waals surface area contributed by atoms with Crippen LogP contribution in [0, 0.1) is 0 Å². The lowest BCUT2D eigenvalue weighted by Crippen LogP contribution is -2.23. The van der Waals surface area contributed by atoms with Gasteiger partial charge in [-0.3, -0.25) is 4.79 Å². The molecule has 2 N–H and O–H groups in total. The minimum Gasteiger partial charge on any atom is -0.507 e. The predicted molar refractivity (Wildman–Crippen MR) is 95.9 cm³/mol. The normalized spacial score (nSPS) is 11.6. The van der Waals surface area contributed by atoms with Gasteiger partial charge in [-0.1, -0.05) is 76.8 Å². The van der Waals surface area contributed by atoms with Gasteiger partial charge in [-0.2, -0.15) is 0 Å². The van der Waals surface area contributed by atoms with Crippen molar-refractivity contribution in [2.24, 2.45) is 0 Å². The SMILES string of the molecule is CCCCCCC(C)(C)c1cc(O)c(-c2ccccc2)c(=O)[nH]1. The first-order chi connectivity index (χ1) is 11.0. The van der Waals surface area contributed by atoms with Crippen molar-refractivity contribution >= 4 is 0 Å². The van der Waals surface area contributed by atoms with E-state index in [9.17, 15) is 9.90 Å². The lowest BCUT2D eigenvalue weighted by Gasteiger charge is -2.25. The molecule has 3 heteroatoms. The van der Waals surface area contributed by atoms with Gasteiger partial charge in [0.25, 0.3) is 5.56 Å². The zero-order valence-corrected chi connectivity index (χ0v) is 14.4. The molecule has 0 bridgehead atoms. The van der Waals surface area contributed by atoms with Crippen molar-refractivity contribution in [3.8, 4) is 16.9 Å². The monoisotopic (exact) mass is 313 g/mol. The topological polar surface area (TPSA) is 53.1 Å². The van der Waals surface area contributed by atoms with Crippen LogP contribution >= 0.6 is 0 Å². The van der Waals surface area contributed by atoms with Crippen LogP contribution in [0.1, 0.15) is 58.6 Å². The Kier molecular flexibility index (Phi) is 5.64. The number of H-pyrrole nitrogens is 1. The van der Waals surface area contributed by atoms with Crippen LogP contribution < -0.4 is 5.56 Å². The van der Waals surface area contributed by atoms with Crippen molar-refractivity contribution in [3.05, 3.63) is 52.4 Å². The Bertz CT molecular complexity index is 687. The smallest absolute Gasteiger partial charge is 0.259 e. The van der Waals surface area contributed by atoms with E-state index in [1.165, 1.54) is 19.3 Å². The number of unbranched alkanes of at least 4 members (excludes halogenated alkanes) is 3. The Morgan fingerprint density at radius 1 is 1.09 bits per heavy atom. The van der Waals surface area contributed by atoms with Gasteiger partial charge in [-0.05, 0) is 12.0 Å². The van der Waals surface area contributed by atoms with Crippen molar-refractivity contribution in [2.45, 2.75) is 58.3 Å². The number of rotatable bonds is 7. The number of pyridine rings is 1. The van der Waals surface area contributed by atoms with Gasteiger partial charge in [-0.25, -0.2) is 0 Å². The summed E-state index contributed by atoms with van der Waals surface area (Å²) in [6.45, 7) is 6.43. The molecule has 0 saturated carbocycles. The molecule has 1 heterocycles. The summed E-state index contributed by atoms with van der Waals surface area (Å²) in [5.74, 6) is 0.0524. The zero-order valence-electron chi connectivity index (χ0n) is 14.4. The van der Waals surface area contributed by atoms with E-state index in [4.69, 9.17) is 0 Å². The molecule has 0 saturated heterocycles. The van der Waals surface area contributed by atoms with E-state index in [1.807, 2.05) is 30.3 Å². The summed E-state index contributed by atoms with van der Waals surface area (Å²) in [6.07, 6.45) is 5.78. The van der Waals surface area contributed by atoms with Gasteiger partial charge in [0.15, 0.2) is 0 Å². The predicted octanol–water partition coefficient (Wildman–Crippen LogP) is 5.00. The average molecular weight is 313 g/mol. The highest BCUT2D eigenvalue weighted by atomic mass is 16.3. The summed E-state index contributed by atoms with van der Waals surface area (Å²) in [4.78, 5) is 15.4. The highest BCUT2D eigenvalue weighted by molar-refractivity contribution is 5.69. The second-order valence-corrected chi connectivity index (χ2v) is 6.83. The van der Waals surface area contributed by atoms with Crippen LogP contribution in [0.4, 0.5) is 0 Å². The van der Waals surface area contributed by atoms with Crippen molar-refractivity contribution in [1.29, 1.82) is 0 Å². The number of aromatic hydroxyl groups is 1. The number of nitrogens with one attached hydrogen (secondary N) is 1. The Morgan fingerprint density at radius 3 is 2.39 bits per heavy atom. The summed E-state index contributed by atoms with van der Waals surface area (Å²) in [5.41, 5.74) is 1.50. The van der Waals surface area contributed by atoms with E-state index in [1.54, 1.807) is 6.07 Å². The summed E-state index contributed by atoms with van der Waals surface area (Å²) in [7, 11) is 0. The molecule has 0 fully saturated rings. The van der Waals surface area contributed by atoms with Crippen LogP contribution in [0.15, 0.2) is 41.2 Å². The van der Waals surface area contributed by atoms with E-state index in [2.05, 4.69) is 25.8 Å². The maximum Gasteiger partial charge on any atom is 0.259 e. The number of aromatic amines is 1. The van der Waals surface area contributed by atoms with E-state index >= 15 is 0 Å². The summed E-state index contributed by atoms with van der Waals surface area (Å²) < 4.78 is 0. The zero-order chi connectivity index (χ0) is 16.9. The quantitative estimate of drug-likeness (QED) is 0.707. The lowest BCUT2D eigenvalue weighted by atomic mass is 9.82. The third-order valence-corrected chi connectivity index (χ3v) is 4.46. The summed E-state index contributed by atoms with van der Waals surface area (Å²) in [6, 6.07) is 11.0. The van der Waals surface area contributed by atoms with Gasteiger partial charge in [-0.15, -0.1) is 0 Å². The van der Waals surface area contributed by atoms with Gasteiger partial charge in [0.05, 0.1) is 5.56 Å². The van der Waals surface area contributed by atoms with Gasteiger partial charge >= 0.3 is 0 Å². The number of hydrogen-bond acceptors (Lipinski definition) is 2. The minimum atomic E-state index is -0.229. The van der Waals surface area contributed by atoms with E-state index in [-0.39, 0.29) is 16.7 Å². The molecule has 0 spiro atoms. The number of benzene rings is 1. The van der Waals surface area contributed by atoms with Gasteiger partial charge < -0.3 is 10.1 Å². The van der Waals surface area contributed by atoms with E-state index < -0.39 is 0 Å². The Labute approximate surface area is 138 Å². The van der Waals surface area contributed by atoms with E-state index in [0.29, 0.717) is 5.56 Å². The molecular weight excluding hydrogens is 286 g/mol. The lowest BCUT2D eigenvalue weighted by molar-refractivity contribution is 0.426. The van der Waals surface area contributed by atoms with Gasteiger partial charge in [0, 0.05) is 17.2 Å². The van der Waals surface area contributed by atoms with Gasteiger partial charge in [0.2, 0.25) is 0 Å². The third-order valence-electron chi connectivity index (χ3n) is 4.46. The number of aromatic nitrogens is 1. The fraction of sp³-hybridized carbons (Fsp3) is 0.450. The molecule has 0 radical (unpaired) electrons. The first-order valence-corrected chi connectivity index (χ1v) is 8.48. The van der Waals surface area contributed by atoms with Crippen LogP contribution in [-0.4, -0.2) is 10.1 Å². The van der Waals surface area contributed by atoms with Crippen molar-refractivity contribution in [1.82, 2.24) is 4.98 Å². The maximum atomic E-state index is 12.5. The van der Waals surface area contributed by atoms with Crippen LogP contribution in [0.2, 0.25) is 0 Å². The minimum absolute atomic E-state index is 0.0524. The highest BCUT2D eigenvalue weighted by Crippen LogP contribution is 2.32. The molecule has 2 aromatic rings. The Hall–Kier alpha value is -2.03. The molecule has 0 aliphatic carbocycles. The Balaban J connectivity index is 2.27. The summed E-state index contributed by atoms with van der Waals surface area (Å²) in [5, 5.41) is 10.4. The molecule has 3 nitrogen and oxygen atoms in total. The van der Waals surface area contributed by atoms with Crippen LogP contribution in [0.3, 0.4) is 0 Å². The fourth-order valence-electron chi connectivity index (χ4n) is 2.92. The largest absolute Gasteiger partial charge is 0.507 e. The summed E-state index contributed by atoms with van der Waals surface area (Å²) >= 11 is 0. The van der Waals surface area contributed by atoms with Crippen LogP contribution in [0.25, 0.3) is 11.1 Å². The molecule has 0 unspecified atom stereocenters. The molecule has 0 atom stereocenters. The molecule has 2 rings (SSSR count). The van der Waals surface area contributed by atoms with E-state index in [0.717, 1.165) is 24.1 Å². The standard InChI is InChI=1S/C20H27NO2/c1-4-5-6-10-13-20(2,3)17-14-16(22)18(19(23)21-17)15-11-8-7-9-12-15/h7-9,11-12,14H,4-6,10,13H2,1-3H3,(H2,21,22,23). The second-order valence-electron chi connectivity index (χ2n) is 6.83. The molecule has 0 amide bonds. The van der Waals surface area contributed by atoms with Crippen molar-refractivity contribution < 1.29 is 5.11 Å². The average Bonchev–Trinajstić information content (AvgIpc) is 2.52. The second kappa shape index (κ2) is 7.49. The molecule has 1 aromatic heterocycles. The molecule has 1 aromatic carbocycles. The Morgan fingerprint density at radius 2 is 1.78 bits per heavy atom. The van der Waals surface area contributed by atoms with Crippen LogP contribution in [-0.2, 0) is 5.41 Å².